The molecule has 0 heteroatoms. The molecule has 0 unspecified atom stereocenters. The van der Waals surface area contributed by atoms with Crippen LogP contribution in [0.4, 0.5) is 0 Å². The van der Waals surface area contributed by atoms with E-state index < -0.39 is 0 Å². The lowest BCUT2D eigenvalue weighted by Gasteiger charge is -2.18. The van der Waals surface area contributed by atoms with Gasteiger partial charge in [-0.25, -0.2) is 0 Å². The van der Waals surface area contributed by atoms with Crippen molar-refractivity contribution in [1.82, 2.24) is 0 Å². The van der Waals surface area contributed by atoms with Gasteiger partial charge in [-0.2, -0.15) is 6.58 Å². The van der Waals surface area contributed by atoms with E-state index in [2.05, 4.69) is 54.6 Å². The van der Waals surface area contributed by atoms with Gasteiger partial charge >= 0.3 is 0 Å². The van der Waals surface area contributed by atoms with Crippen LogP contribution in [0.1, 0.15) is 18.1 Å². The second-order valence-electron chi connectivity index (χ2n) is 4.99. The first-order valence-electron chi connectivity index (χ1n) is 6.76. The van der Waals surface area contributed by atoms with Gasteiger partial charge in [0.2, 0.25) is 0 Å². The molecule has 0 spiro atoms. The summed E-state index contributed by atoms with van der Waals surface area (Å²) >= 11 is 0. The first-order chi connectivity index (χ1) is 9.75. The fourth-order valence-corrected chi connectivity index (χ4v) is 2.57. The van der Waals surface area contributed by atoms with Crippen LogP contribution in [0.15, 0.2) is 78.4 Å². The molecule has 0 heterocycles. The Morgan fingerprint density at radius 1 is 0.750 bits per heavy atom. The van der Waals surface area contributed by atoms with Crippen molar-refractivity contribution in [1.29, 1.82) is 0 Å². The van der Waals surface area contributed by atoms with E-state index in [0.717, 1.165) is 22.6 Å². The zero-order chi connectivity index (χ0) is 13.9. The van der Waals surface area contributed by atoms with Gasteiger partial charge in [0.1, 0.15) is 0 Å². The number of hydrogen-bond donors (Lipinski definition) is 0. The van der Waals surface area contributed by atoms with Crippen molar-refractivity contribution in [3.05, 3.63) is 102 Å². The summed E-state index contributed by atoms with van der Waals surface area (Å²) in [7, 11) is 0. The summed E-state index contributed by atoms with van der Waals surface area (Å²) in [6.45, 7) is 8.08. The third-order valence-electron chi connectivity index (χ3n) is 3.49. The molecule has 3 rings (SSSR count). The number of benzene rings is 3. The van der Waals surface area contributed by atoms with Crippen molar-refractivity contribution < 1.29 is 0 Å². The smallest absolute Gasteiger partial charge is 0.00109 e. The highest BCUT2D eigenvalue weighted by atomic mass is 14.2. The first kappa shape index (κ1) is 12.5. The van der Waals surface area contributed by atoms with Gasteiger partial charge in [0, 0.05) is 0 Å². The molecule has 0 atom stereocenters. The van der Waals surface area contributed by atoms with Gasteiger partial charge < -0.3 is 0 Å². The Balaban J connectivity index is 2.13. The normalized spacial score (nSPS) is 10.4. The molecule has 96 valence electrons. The van der Waals surface area contributed by atoms with E-state index >= 15 is 0 Å². The molecule has 0 bridgehead atoms. The van der Waals surface area contributed by atoms with Crippen LogP contribution >= 0.6 is 0 Å². The van der Waals surface area contributed by atoms with Crippen LogP contribution in [0.25, 0.3) is 10.8 Å². The van der Waals surface area contributed by atoms with Gasteiger partial charge in [-0.1, -0.05) is 66.7 Å². The molecule has 0 aliphatic rings. The Morgan fingerprint density at radius 3 is 2.10 bits per heavy atom. The minimum absolute atomic E-state index is 0.839. The zero-order valence-corrected chi connectivity index (χ0v) is 11.5. The van der Waals surface area contributed by atoms with E-state index in [9.17, 15) is 0 Å². The minimum atomic E-state index is 0.839. The molecule has 0 fully saturated rings. The van der Waals surface area contributed by atoms with Gasteiger partial charge in [0.25, 0.3) is 0 Å². The summed E-state index contributed by atoms with van der Waals surface area (Å²) in [5.41, 5.74) is 3.16. The van der Waals surface area contributed by atoms with Crippen LogP contribution in [0.5, 0.6) is 0 Å². The lowest BCUT2D eigenvalue weighted by Crippen LogP contribution is -2.03. The molecular formula is C20H16. The van der Waals surface area contributed by atoms with Gasteiger partial charge in [-0.3, -0.25) is 0 Å². The summed E-state index contributed by atoms with van der Waals surface area (Å²) in [6.07, 6.45) is 0. The van der Waals surface area contributed by atoms with Crippen LogP contribution in [-0.2, 0) is 0 Å². The average Bonchev–Trinajstić information content (AvgIpc) is 2.48. The molecule has 0 aromatic heterocycles. The van der Waals surface area contributed by atoms with Crippen molar-refractivity contribution in [2.75, 3.05) is 0 Å². The molecule has 3 aromatic rings. The van der Waals surface area contributed by atoms with E-state index in [4.69, 9.17) is 6.58 Å². The second kappa shape index (κ2) is 5.21. The van der Waals surface area contributed by atoms with Gasteiger partial charge in [-0.15, -0.1) is 0 Å². The van der Waals surface area contributed by atoms with Crippen molar-refractivity contribution in [2.24, 2.45) is 0 Å². The molecule has 3 aromatic carbocycles. The largest absolute Gasteiger partial charge is 0.162 e. The highest BCUT2D eigenvalue weighted by molar-refractivity contribution is 5.84. The summed E-state index contributed by atoms with van der Waals surface area (Å²) in [5, 5.41) is 2.48. The molecule has 0 aliphatic carbocycles. The van der Waals surface area contributed by atoms with Crippen LogP contribution in [-0.4, -0.2) is 0 Å². The Bertz CT molecular complexity index is 738. The van der Waals surface area contributed by atoms with E-state index in [-0.39, 0.29) is 0 Å². The average molecular weight is 256 g/mol. The van der Waals surface area contributed by atoms with E-state index in [0.29, 0.717) is 0 Å². The lowest BCUT2D eigenvalue weighted by molar-refractivity contribution is 1.20. The number of fused-ring (bicyclic) bond motifs is 1. The van der Waals surface area contributed by atoms with Gasteiger partial charge in [0.15, 0.2) is 0 Å². The van der Waals surface area contributed by atoms with Gasteiger partial charge in [-0.05, 0) is 46.4 Å². The summed E-state index contributed by atoms with van der Waals surface area (Å²) in [6, 6.07) is 25.2. The van der Waals surface area contributed by atoms with E-state index in [1.807, 2.05) is 25.1 Å². The molecule has 0 saturated heterocycles. The summed E-state index contributed by atoms with van der Waals surface area (Å²) in [5.74, 6) is 1.11. The zero-order valence-electron chi connectivity index (χ0n) is 11.5. The Hall–Kier alpha value is -2.56. The SMILES string of the molecule is [CH+]=C(C)[C-](c1ccccc1)c1ccc2ccccc2c1. The van der Waals surface area contributed by atoms with E-state index in [1.54, 1.807) is 0 Å². The maximum absolute atomic E-state index is 6.12. The quantitative estimate of drug-likeness (QED) is 0.566. The Labute approximate surface area is 120 Å². The Kier molecular flexibility index (Phi) is 3.25. The van der Waals surface area contributed by atoms with Crippen LogP contribution < -0.4 is 0 Å². The highest BCUT2D eigenvalue weighted by Crippen LogP contribution is 2.31. The maximum Gasteiger partial charge on any atom is -0.00109 e. The van der Waals surface area contributed by atoms with Crippen LogP contribution in [0, 0.1) is 12.5 Å². The topological polar surface area (TPSA) is 0 Å². The summed E-state index contributed by atoms with van der Waals surface area (Å²) in [4.78, 5) is 0. The second-order valence-corrected chi connectivity index (χ2v) is 4.99. The molecule has 0 saturated carbocycles. The molecule has 20 heavy (non-hydrogen) atoms. The van der Waals surface area contributed by atoms with Crippen LogP contribution in [0.2, 0.25) is 0 Å². The van der Waals surface area contributed by atoms with E-state index in [1.165, 1.54) is 10.8 Å². The molecule has 0 radical (unpaired) electrons. The minimum Gasteiger partial charge on any atom is -0.162 e. The van der Waals surface area contributed by atoms with Crippen molar-refractivity contribution in [2.45, 2.75) is 6.92 Å². The maximum atomic E-state index is 6.12. The first-order valence-corrected chi connectivity index (χ1v) is 6.76. The summed E-state index contributed by atoms with van der Waals surface area (Å²) < 4.78 is 0. The molecule has 0 aliphatic heterocycles. The fraction of sp³-hybridized carbons (Fsp3) is 0.0500. The third-order valence-corrected chi connectivity index (χ3v) is 3.49. The number of hydrogen-bond acceptors (Lipinski definition) is 0. The van der Waals surface area contributed by atoms with Crippen molar-refractivity contribution >= 4 is 10.8 Å². The highest BCUT2D eigenvalue weighted by Gasteiger charge is 2.15. The standard InChI is InChI=1S/C20H16/c1-15(2)20(17-9-4-3-5-10-17)19-13-12-16-8-6-7-11-18(16)14-19/h1,3-14H,2H3. The van der Waals surface area contributed by atoms with Gasteiger partial charge in [0.05, 0.1) is 0 Å². The molecule has 0 amide bonds. The number of rotatable bonds is 3. The monoisotopic (exact) mass is 256 g/mol. The predicted molar refractivity (Wildman–Crippen MR) is 85.3 cm³/mol. The molecule has 0 N–H and O–H groups in total. The Morgan fingerprint density at radius 2 is 1.40 bits per heavy atom. The number of allylic oxidation sites excluding steroid dienone is 1. The predicted octanol–water partition coefficient (Wildman–Crippen LogP) is 5.19. The molecule has 0 nitrogen and oxygen atoms in total. The molecular weight excluding hydrogens is 240 g/mol. The fourth-order valence-electron chi connectivity index (χ4n) is 2.57. The van der Waals surface area contributed by atoms with Crippen molar-refractivity contribution in [3.63, 3.8) is 0 Å². The van der Waals surface area contributed by atoms with Crippen LogP contribution in [0.3, 0.4) is 0 Å². The van der Waals surface area contributed by atoms with Crippen molar-refractivity contribution in [3.8, 4) is 0 Å². The third kappa shape index (κ3) is 2.30. The lowest BCUT2D eigenvalue weighted by atomic mass is 9.85.